The Morgan fingerprint density at radius 3 is 2.36 bits per heavy atom. The third-order valence-corrected chi connectivity index (χ3v) is 7.14. The quantitative estimate of drug-likeness (QED) is 0.475. The SMILES string of the molecule is Cc1cccc(C)c1N(C(=O)Cc1cccs1)C(C(=O)NC1CCCC1)c1ccccc1F. The minimum Gasteiger partial charge on any atom is -0.351 e. The van der Waals surface area contributed by atoms with Crippen LogP contribution in [0.15, 0.2) is 60.0 Å². The van der Waals surface area contributed by atoms with Gasteiger partial charge in [-0.15, -0.1) is 11.3 Å². The van der Waals surface area contributed by atoms with Crippen molar-refractivity contribution < 1.29 is 14.0 Å². The number of hydrogen-bond acceptors (Lipinski definition) is 3. The van der Waals surface area contributed by atoms with Crippen molar-refractivity contribution in [1.29, 1.82) is 0 Å². The Morgan fingerprint density at radius 2 is 1.73 bits per heavy atom. The summed E-state index contributed by atoms with van der Waals surface area (Å²) < 4.78 is 15.1. The molecule has 172 valence electrons. The average Bonchev–Trinajstić information content (AvgIpc) is 3.48. The van der Waals surface area contributed by atoms with E-state index >= 15 is 4.39 Å². The number of thiophene rings is 1. The van der Waals surface area contributed by atoms with Gasteiger partial charge in [-0.05, 0) is 55.3 Å². The van der Waals surface area contributed by atoms with Gasteiger partial charge in [0.05, 0.1) is 12.1 Å². The molecule has 1 aromatic heterocycles. The Morgan fingerprint density at radius 1 is 1.03 bits per heavy atom. The molecule has 0 saturated heterocycles. The Balaban J connectivity index is 1.83. The Bertz CT molecular complexity index is 1100. The molecule has 1 fully saturated rings. The van der Waals surface area contributed by atoms with Crippen molar-refractivity contribution in [1.82, 2.24) is 5.32 Å². The Kier molecular flexibility index (Phi) is 7.23. The van der Waals surface area contributed by atoms with Gasteiger partial charge in [-0.3, -0.25) is 14.5 Å². The molecule has 1 heterocycles. The summed E-state index contributed by atoms with van der Waals surface area (Å²) in [5.74, 6) is -1.07. The van der Waals surface area contributed by atoms with Crippen LogP contribution < -0.4 is 10.2 Å². The van der Waals surface area contributed by atoms with Crippen LogP contribution in [0.25, 0.3) is 0 Å². The monoisotopic (exact) mass is 464 g/mol. The number of anilines is 1. The fourth-order valence-electron chi connectivity index (χ4n) is 4.68. The molecular weight excluding hydrogens is 435 g/mol. The zero-order chi connectivity index (χ0) is 23.4. The number of hydrogen-bond donors (Lipinski definition) is 1. The standard InChI is InChI=1S/C27H29FN2O2S/c1-18-9-7-10-19(2)25(18)30(24(31)17-21-13-8-16-33-21)26(22-14-5-6-15-23(22)28)27(32)29-20-11-3-4-12-20/h5-10,13-16,20,26H,3-4,11-12,17H2,1-2H3,(H,29,32). The highest BCUT2D eigenvalue weighted by Crippen LogP contribution is 2.35. The number of nitrogens with one attached hydrogen (secondary N) is 1. The maximum atomic E-state index is 15.1. The molecule has 1 aliphatic rings. The van der Waals surface area contributed by atoms with Crippen molar-refractivity contribution in [3.63, 3.8) is 0 Å². The first-order valence-corrected chi connectivity index (χ1v) is 12.3. The number of para-hydroxylation sites is 1. The molecule has 1 saturated carbocycles. The summed E-state index contributed by atoms with van der Waals surface area (Å²) in [6, 6.07) is 14.8. The molecule has 0 radical (unpaired) electrons. The van der Waals surface area contributed by atoms with E-state index in [1.807, 2.05) is 49.6 Å². The highest BCUT2D eigenvalue weighted by molar-refractivity contribution is 7.10. The summed E-state index contributed by atoms with van der Waals surface area (Å²) >= 11 is 1.50. The van der Waals surface area contributed by atoms with Crippen LogP contribution in [0.1, 0.15) is 53.3 Å². The van der Waals surface area contributed by atoms with Crippen LogP contribution in [-0.4, -0.2) is 17.9 Å². The molecule has 33 heavy (non-hydrogen) atoms. The van der Waals surface area contributed by atoms with Crippen molar-refractivity contribution in [2.24, 2.45) is 0 Å². The zero-order valence-electron chi connectivity index (χ0n) is 19.0. The van der Waals surface area contributed by atoms with Crippen molar-refractivity contribution in [2.75, 3.05) is 4.90 Å². The van der Waals surface area contributed by atoms with Gasteiger partial charge in [0.15, 0.2) is 0 Å². The van der Waals surface area contributed by atoms with Gasteiger partial charge in [-0.2, -0.15) is 0 Å². The van der Waals surface area contributed by atoms with Gasteiger partial charge in [-0.25, -0.2) is 4.39 Å². The van der Waals surface area contributed by atoms with Crippen LogP contribution >= 0.6 is 11.3 Å². The van der Waals surface area contributed by atoms with Gasteiger partial charge < -0.3 is 5.32 Å². The third kappa shape index (κ3) is 5.17. The van der Waals surface area contributed by atoms with E-state index in [1.54, 1.807) is 18.2 Å². The summed E-state index contributed by atoms with van der Waals surface area (Å²) in [6.07, 6.45) is 4.08. The number of amides is 2. The van der Waals surface area contributed by atoms with E-state index in [1.165, 1.54) is 22.3 Å². The van der Waals surface area contributed by atoms with Crippen LogP contribution in [0.2, 0.25) is 0 Å². The van der Waals surface area contributed by atoms with Crippen molar-refractivity contribution in [3.8, 4) is 0 Å². The second kappa shape index (κ2) is 10.3. The summed E-state index contributed by atoms with van der Waals surface area (Å²) in [4.78, 5) is 30.0. The first kappa shape index (κ1) is 23.2. The Labute approximate surface area is 198 Å². The number of carbonyl (C=O) groups excluding carboxylic acids is 2. The van der Waals surface area contributed by atoms with E-state index < -0.39 is 11.9 Å². The number of aryl methyl sites for hydroxylation is 2. The van der Waals surface area contributed by atoms with E-state index in [2.05, 4.69) is 5.32 Å². The largest absolute Gasteiger partial charge is 0.351 e. The number of carbonyl (C=O) groups is 2. The number of nitrogens with zero attached hydrogens (tertiary/aromatic N) is 1. The number of rotatable bonds is 7. The minimum absolute atomic E-state index is 0.0546. The highest BCUT2D eigenvalue weighted by atomic mass is 32.1. The number of benzene rings is 2. The molecular formula is C27H29FN2O2S. The van der Waals surface area contributed by atoms with Gasteiger partial charge in [0.2, 0.25) is 11.8 Å². The summed E-state index contributed by atoms with van der Waals surface area (Å²) in [6.45, 7) is 3.84. The normalized spacial score (nSPS) is 14.8. The lowest BCUT2D eigenvalue weighted by Crippen LogP contribution is -2.47. The van der Waals surface area contributed by atoms with Crippen LogP contribution in [0.4, 0.5) is 10.1 Å². The van der Waals surface area contributed by atoms with Gasteiger partial charge >= 0.3 is 0 Å². The van der Waals surface area contributed by atoms with Crippen molar-refractivity contribution >= 4 is 28.8 Å². The lowest BCUT2D eigenvalue weighted by molar-refractivity contribution is -0.127. The van der Waals surface area contributed by atoms with E-state index in [0.29, 0.717) is 5.69 Å². The lowest BCUT2D eigenvalue weighted by atomic mass is 9.98. The van der Waals surface area contributed by atoms with Gasteiger partial charge in [0.1, 0.15) is 11.9 Å². The highest BCUT2D eigenvalue weighted by Gasteiger charge is 2.37. The second-order valence-corrected chi connectivity index (χ2v) is 9.71. The van der Waals surface area contributed by atoms with Crippen LogP contribution in [-0.2, 0) is 16.0 Å². The van der Waals surface area contributed by atoms with Gasteiger partial charge in [0, 0.05) is 16.5 Å². The third-order valence-electron chi connectivity index (χ3n) is 6.26. The first-order valence-electron chi connectivity index (χ1n) is 11.4. The molecule has 0 spiro atoms. The molecule has 0 bridgehead atoms. The van der Waals surface area contributed by atoms with Crippen LogP contribution in [0.5, 0.6) is 0 Å². The molecule has 0 aliphatic heterocycles. The van der Waals surface area contributed by atoms with Crippen LogP contribution in [0, 0.1) is 19.7 Å². The molecule has 4 nitrogen and oxygen atoms in total. The molecule has 1 aliphatic carbocycles. The molecule has 3 aromatic rings. The molecule has 2 amide bonds. The molecule has 4 rings (SSSR count). The predicted octanol–water partition coefficient (Wildman–Crippen LogP) is 5.88. The maximum absolute atomic E-state index is 15.1. The first-order chi connectivity index (χ1) is 16.0. The summed E-state index contributed by atoms with van der Waals surface area (Å²) in [5, 5.41) is 5.03. The van der Waals surface area contributed by atoms with E-state index in [9.17, 15) is 9.59 Å². The summed E-state index contributed by atoms with van der Waals surface area (Å²) in [7, 11) is 0. The van der Waals surface area contributed by atoms with Crippen LogP contribution in [0.3, 0.4) is 0 Å². The van der Waals surface area contributed by atoms with Gasteiger partial charge in [0.25, 0.3) is 0 Å². The molecule has 1 atom stereocenters. The molecule has 2 aromatic carbocycles. The molecule has 1 unspecified atom stereocenters. The topological polar surface area (TPSA) is 49.4 Å². The predicted molar refractivity (Wildman–Crippen MR) is 131 cm³/mol. The molecule has 6 heteroatoms. The lowest BCUT2D eigenvalue weighted by Gasteiger charge is -2.34. The fourth-order valence-corrected chi connectivity index (χ4v) is 5.37. The summed E-state index contributed by atoms with van der Waals surface area (Å²) in [5.41, 5.74) is 2.60. The van der Waals surface area contributed by atoms with Gasteiger partial charge in [-0.1, -0.05) is 55.3 Å². The Hall–Kier alpha value is -2.99. The van der Waals surface area contributed by atoms with Crippen molar-refractivity contribution in [3.05, 3.63) is 87.4 Å². The number of halogens is 1. The van der Waals surface area contributed by atoms with E-state index in [4.69, 9.17) is 0 Å². The smallest absolute Gasteiger partial charge is 0.248 e. The maximum Gasteiger partial charge on any atom is 0.248 e. The molecule has 1 N–H and O–H groups in total. The average molecular weight is 465 g/mol. The van der Waals surface area contributed by atoms with E-state index in [0.717, 1.165) is 41.7 Å². The van der Waals surface area contributed by atoms with Crippen molar-refractivity contribution in [2.45, 2.75) is 58.0 Å². The van der Waals surface area contributed by atoms with E-state index in [-0.39, 0.29) is 29.8 Å². The fraction of sp³-hybridized carbons (Fsp3) is 0.333. The zero-order valence-corrected chi connectivity index (χ0v) is 19.8. The second-order valence-electron chi connectivity index (χ2n) is 8.67. The minimum atomic E-state index is -1.10.